The van der Waals surface area contributed by atoms with Crippen LogP contribution in [0.2, 0.25) is 5.02 Å². The number of ether oxygens (including phenoxy) is 1. The summed E-state index contributed by atoms with van der Waals surface area (Å²) in [7, 11) is 0. The quantitative estimate of drug-likeness (QED) is 0.218. The molecule has 34 heavy (non-hydrogen) atoms. The number of hydrogen-bond donors (Lipinski definition) is 0. The van der Waals surface area contributed by atoms with Gasteiger partial charge in [-0.05, 0) is 37.6 Å². The molecule has 5 rings (SSSR count). The van der Waals surface area contributed by atoms with Gasteiger partial charge in [0.05, 0.1) is 27.2 Å². The lowest BCUT2D eigenvalue weighted by Crippen LogP contribution is -2.24. The molecule has 0 saturated heterocycles. The number of hydrogen-bond acceptors (Lipinski definition) is 8. The molecule has 3 heterocycles. The standard InChI is InChI=1S/C23H21ClN6O3S/c1-2-32-13-7-12-29-21(31)16-9-4-6-11-18(16)30-22(29)27-28-23(30)34-14-19-25-26-20(33-19)15-8-3-5-10-17(15)24/h3-6,8-11H,2,7,12-14H2,1H3. The van der Waals surface area contributed by atoms with Crippen LogP contribution in [-0.4, -0.2) is 42.6 Å². The van der Waals surface area contributed by atoms with E-state index in [2.05, 4.69) is 20.4 Å². The zero-order valence-corrected chi connectivity index (χ0v) is 19.9. The molecular formula is C23H21ClN6O3S. The molecule has 0 spiro atoms. The second-order valence-electron chi connectivity index (χ2n) is 7.41. The van der Waals surface area contributed by atoms with E-state index in [0.717, 1.165) is 5.52 Å². The smallest absolute Gasteiger partial charge is 0.262 e. The van der Waals surface area contributed by atoms with E-state index in [-0.39, 0.29) is 5.56 Å². The van der Waals surface area contributed by atoms with E-state index in [1.54, 1.807) is 10.6 Å². The highest BCUT2D eigenvalue weighted by Crippen LogP contribution is 2.29. The number of fused-ring (bicyclic) bond motifs is 3. The molecule has 0 bridgehead atoms. The molecule has 0 aliphatic carbocycles. The third kappa shape index (κ3) is 4.31. The van der Waals surface area contributed by atoms with Crippen LogP contribution in [-0.2, 0) is 17.0 Å². The van der Waals surface area contributed by atoms with Gasteiger partial charge in [0.1, 0.15) is 0 Å². The minimum atomic E-state index is -0.0927. The minimum Gasteiger partial charge on any atom is -0.420 e. The second kappa shape index (κ2) is 9.96. The van der Waals surface area contributed by atoms with Crippen molar-refractivity contribution in [1.29, 1.82) is 0 Å². The molecule has 0 atom stereocenters. The molecule has 174 valence electrons. The Bertz CT molecular complexity index is 1510. The van der Waals surface area contributed by atoms with Crippen LogP contribution in [0.15, 0.2) is 62.9 Å². The fourth-order valence-electron chi connectivity index (χ4n) is 3.68. The summed E-state index contributed by atoms with van der Waals surface area (Å²) in [6.45, 7) is 3.65. The van der Waals surface area contributed by atoms with Gasteiger partial charge in [0.2, 0.25) is 17.6 Å². The van der Waals surface area contributed by atoms with Crippen molar-refractivity contribution in [3.63, 3.8) is 0 Å². The topological polar surface area (TPSA) is 100 Å². The van der Waals surface area contributed by atoms with Gasteiger partial charge in [0, 0.05) is 19.8 Å². The number of para-hydroxylation sites is 1. The van der Waals surface area contributed by atoms with Gasteiger partial charge in [-0.2, -0.15) is 0 Å². The number of nitrogens with zero attached hydrogens (tertiary/aromatic N) is 6. The van der Waals surface area contributed by atoms with Gasteiger partial charge < -0.3 is 9.15 Å². The highest BCUT2D eigenvalue weighted by Gasteiger charge is 2.18. The van der Waals surface area contributed by atoms with Crippen molar-refractivity contribution in [3.05, 3.63) is 69.8 Å². The normalized spacial score (nSPS) is 11.6. The van der Waals surface area contributed by atoms with Gasteiger partial charge in [-0.3, -0.25) is 13.8 Å². The zero-order chi connectivity index (χ0) is 23.5. The fourth-order valence-corrected chi connectivity index (χ4v) is 4.67. The number of aryl methyl sites for hydroxylation is 1. The number of halogens is 1. The maximum Gasteiger partial charge on any atom is 0.262 e. The molecule has 5 aromatic rings. The van der Waals surface area contributed by atoms with Crippen LogP contribution in [0.4, 0.5) is 0 Å². The Hall–Kier alpha value is -3.21. The van der Waals surface area contributed by atoms with Crippen LogP contribution in [0, 0.1) is 0 Å². The number of rotatable bonds is 9. The summed E-state index contributed by atoms with van der Waals surface area (Å²) < 4.78 is 14.8. The maximum atomic E-state index is 13.1. The average molecular weight is 497 g/mol. The molecule has 0 aliphatic heterocycles. The zero-order valence-electron chi connectivity index (χ0n) is 18.3. The van der Waals surface area contributed by atoms with E-state index >= 15 is 0 Å². The predicted octanol–water partition coefficient (Wildman–Crippen LogP) is 4.47. The largest absolute Gasteiger partial charge is 0.420 e. The molecule has 3 aromatic heterocycles. The van der Waals surface area contributed by atoms with Gasteiger partial charge in [-0.25, -0.2) is 0 Å². The summed E-state index contributed by atoms with van der Waals surface area (Å²) in [5.74, 6) is 1.67. The van der Waals surface area contributed by atoms with Gasteiger partial charge in [0.15, 0.2) is 5.16 Å². The van der Waals surface area contributed by atoms with E-state index in [0.29, 0.717) is 70.6 Å². The fraction of sp³-hybridized carbons (Fsp3) is 0.261. The van der Waals surface area contributed by atoms with Crippen molar-refractivity contribution in [1.82, 2.24) is 29.4 Å². The molecule has 0 amide bonds. The van der Waals surface area contributed by atoms with Gasteiger partial charge >= 0.3 is 0 Å². The first-order valence-corrected chi connectivity index (χ1v) is 12.2. The molecule has 0 aliphatic rings. The minimum absolute atomic E-state index is 0.0927. The molecule has 0 saturated carbocycles. The highest BCUT2D eigenvalue weighted by atomic mass is 35.5. The SMILES string of the molecule is CCOCCCn1c(=O)c2ccccc2n2c(SCc3nnc(-c4ccccc4Cl)o3)nnc12. The lowest BCUT2D eigenvalue weighted by atomic mass is 10.2. The van der Waals surface area contributed by atoms with Crippen LogP contribution >= 0.6 is 23.4 Å². The summed E-state index contributed by atoms with van der Waals surface area (Å²) in [4.78, 5) is 13.1. The van der Waals surface area contributed by atoms with Crippen molar-refractivity contribution in [3.8, 4) is 11.5 Å². The molecule has 0 radical (unpaired) electrons. The third-order valence-corrected chi connectivity index (χ3v) is 6.49. The molecule has 9 nitrogen and oxygen atoms in total. The number of thioether (sulfide) groups is 1. The lowest BCUT2D eigenvalue weighted by Gasteiger charge is -2.11. The molecule has 0 unspecified atom stereocenters. The summed E-state index contributed by atoms with van der Waals surface area (Å²) in [6, 6.07) is 14.8. The van der Waals surface area contributed by atoms with E-state index < -0.39 is 0 Å². The van der Waals surface area contributed by atoms with Crippen LogP contribution in [0.1, 0.15) is 19.2 Å². The molecule has 2 aromatic carbocycles. The Balaban J connectivity index is 1.46. The Morgan fingerprint density at radius 2 is 1.88 bits per heavy atom. The van der Waals surface area contributed by atoms with Crippen LogP contribution in [0.3, 0.4) is 0 Å². The van der Waals surface area contributed by atoms with E-state index in [4.69, 9.17) is 20.8 Å². The van der Waals surface area contributed by atoms with Gasteiger partial charge in [-0.15, -0.1) is 20.4 Å². The molecular weight excluding hydrogens is 476 g/mol. The summed E-state index contributed by atoms with van der Waals surface area (Å²) in [5.41, 5.74) is 1.34. The lowest BCUT2D eigenvalue weighted by molar-refractivity contribution is 0.141. The van der Waals surface area contributed by atoms with Crippen molar-refractivity contribution >= 4 is 40.0 Å². The van der Waals surface area contributed by atoms with Gasteiger partial charge in [-0.1, -0.05) is 47.6 Å². The Labute approximate surface area is 203 Å². The highest BCUT2D eigenvalue weighted by molar-refractivity contribution is 7.98. The second-order valence-corrected chi connectivity index (χ2v) is 8.76. The third-order valence-electron chi connectivity index (χ3n) is 5.25. The van der Waals surface area contributed by atoms with Crippen molar-refractivity contribution in [2.75, 3.05) is 13.2 Å². The predicted molar refractivity (Wildman–Crippen MR) is 130 cm³/mol. The summed E-state index contributed by atoms with van der Waals surface area (Å²) in [5, 5.41) is 18.7. The summed E-state index contributed by atoms with van der Waals surface area (Å²) in [6.07, 6.45) is 0.698. The number of aromatic nitrogens is 6. The van der Waals surface area contributed by atoms with Crippen LogP contribution in [0.25, 0.3) is 28.1 Å². The van der Waals surface area contributed by atoms with Crippen molar-refractivity contribution < 1.29 is 9.15 Å². The Morgan fingerprint density at radius 1 is 1.06 bits per heavy atom. The van der Waals surface area contributed by atoms with E-state index in [9.17, 15) is 4.79 Å². The molecule has 0 fully saturated rings. The van der Waals surface area contributed by atoms with Crippen LogP contribution < -0.4 is 5.56 Å². The monoisotopic (exact) mass is 496 g/mol. The first-order chi connectivity index (χ1) is 16.7. The Morgan fingerprint density at radius 3 is 2.74 bits per heavy atom. The molecule has 0 N–H and O–H groups in total. The van der Waals surface area contributed by atoms with E-state index in [1.807, 2.05) is 53.8 Å². The van der Waals surface area contributed by atoms with Gasteiger partial charge in [0.25, 0.3) is 5.56 Å². The maximum absolute atomic E-state index is 13.1. The first kappa shape index (κ1) is 22.6. The van der Waals surface area contributed by atoms with Crippen LogP contribution in [0.5, 0.6) is 0 Å². The molecule has 11 heteroatoms. The van der Waals surface area contributed by atoms with E-state index in [1.165, 1.54) is 11.8 Å². The summed E-state index contributed by atoms with van der Waals surface area (Å²) >= 11 is 7.64. The van der Waals surface area contributed by atoms with Crippen molar-refractivity contribution in [2.45, 2.75) is 30.8 Å². The Kier molecular flexibility index (Phi) is 6.61. The average Bonchev–Trinajstić information content (AvgIpc) is 3.50. The van der Waals surface area contributed by atoms with Crippen molar-refractivity contribution in [2.24, 2.45) is 0 Å². The first-order valence-electron chi connectivity index (χ1n) is 10.8. The number of benzene rings is 2.